The van der Waals surface area contributed by atoms with Gasteiger partial charge in [-0.25, -0.2) is 4.98 Å². The molecule has 0 aliphatic rings. The van der Waals surface area contributed by atoms with E-state index in [9.17, 15) is 4.79 Å². The number of aryl methyl sites for hydroxylation is 1. The number of nitrogens with zero attached hydrogens (tertiary/aromatic N) is 3. The maximum absolute atomic E-state index is 11.9. The number of hydrogen-bond donors (Lipinski definition) is 2. The first-order chi connectivity index (χ1) is 10.2. The normalized spacial score (nSPS) is 10.8. The van der Waals surface area contributed by atoms with Gasteiger partial charge in [-0.3, -0.25) is 9.48 Å². The minimum absolute atomic E-state index is 0.157. The fourth-order valence-corrected chi connectivity index (χ4v) is 2.47. The van der Waals surface area contributed by atoms with E-state index in [4.69, 9.17) is 4.74 Å². The van der Waals surface area contributed by atoms with E-state index in [0.29, 0.717) is 25.4 Å². The van der Waals surface area contributed by atoms with Crippen LogP contribution in [0.2, 0.25) is 0 Å². The zero-order valence-electron chi connectivity index (χ0n) is 12.1. The molecule has 0 fully saturated rings. The van der Waals surface area contributed by atoms with Gasteiger partial charge in [0.25, 0.3) is 5.91 Å². The zero-order chi connectivity index (χ0) is 15.1. The van der Waals surface area contributed by atoms with Crippen molar-refractivity contribution in [2.75, 3.05) is 33.4 Å². The molecule has 0 aliphatic heterocycles. The van der Waals surface area contributed by atoms with E-state index >= 15 is 0 Å². The molecular formula is C13H19N5O2S. The molecule has 0 atom stereocenters. The van der Waals surface area contributed by atoms with Gasteiger partial charge in [-0.2, -0.15) is 5.10 Å². The summed E-state index contributed by atoms with van der Waals surface area (Å²) < 4.78 is 6.63. The lowest BCUT2D eigenvalue weighted by molar-refractivity contribution is 0.0949. The first-order valence-electron chi connectivity index (χ1n) is 6.63. The van der Waals surface area contributed by atoms with E-state index in [1.54, 1.807) is 23.4 Å². The SMILES string of the molecule is COCCNCCNC(=O)c1csc(-c2cnn(C)c2)n1. The van der Waals surface area contributed by atoms with Crippen molar-refractivity contribution in [3.63, 3.8) is 0 Å². The van der Waals surface area contributed by atoms with Crippen molar-refractivity contribution in [2.45, 2.75) is 0 Å². The van der Waals surface area contributed by atoms with Crippen molar-refractivity contribution in [3.05, 3.63) is 23.5 Å². The summed E-state index contributed by atoms with van der Waals surface area (Å²) >= 11 is 1.44. The van der Waals surface area contributed by atoms with Gasteiger partial charge in [-0.05, 0) is 0 Å². The zero-order valence-corrected chi connectivity index (χ0v) is 12.9. The Morgan fingerprint density at radius 1 is 1.43 bits per heavy atom. The predicted octanol–water partition coefficient (Wildman–Crippen LogP) is 0.509. The van der Waals surface area contributed by atoms with E-state index in [0.717, 1.165) is 17.1 Å². The van der Waals surface area contributed by atoms with Gasteiger partial charge in [-0.1, -0.05) is 0 Å². The van der Waals surface area contributed by atoms with Crippen LogP contribution < -0.4 is 10.6 Å². The molecule has 0 saturated carbocycles. The van der Waals surface area contributed by atoms with Crippen molar-refractivity contribution < 1.29 is 9.53 Å². The van der Waals surface area contributed by atoms with E-state index in [-0.39, 0.29) is 5.91 Å². The van der Waals surface area contributed by atoms with Gasteiger partial charge < -0.3 is 15.4 Å². The third kappa shape index (κ3) is 4.62. The molecule has 0 spiro atoms. The molecular weight excluding hydrogens is 290 g/mol. The maximum atomic E-state index is 11.9. The van der Waals surface area contributed by atoms with Crippen LogP contribution in [0.5, 0.6) is 0 Å². The van der Waals surface area contributed by atoms with E-state index in [1.807, 2.05) is 13.2 Å². The van der Waals surface area contributed by atoms with Crippen molar-refractivity contribution in [1.82, 2.24) is 25.4 Å². The lowest BCUT2D eigenvalue weighted by Crippen LogP contribution is -2.33. The second kappa shape index (κ2) is 7.87. The van der Waals surface area contributed by atoms with E-state index in [1.165, 1.54) is 11.3 Å². The number of hydrogen-bond acceptors (Lipinski definition) is 6. The average molecular weight is 309 g/mol. The highest BCUT2D eigenvalue weighted by molar-refractivity contribution is 7.13. The van der Waals surface area contributed by atoms with Gasteiger partial charge in [0.05, 0.1) is 12.8 Å². The summed E-state index contributed by atoms with van der Waals surface area (Å²) in [5, 5.41) is 12.6. The summed E-state index contributed by atoms with van der Waals surface area (Å²) in [5.74, 6) is -0.157. The molecule has 2 rings (SSSR count). The predicted molar refractivity (Wildman–Crippen MR) is 81.4 cm³/mol. The molecule has 0 bridgehead atoms. The minimum Gasteiger partial charge on any atom is -0.383 e. The molecule has 2 aromatic rings. The summed E-state index contributed by atoms with van der Waals surface area (Å²) in [7, 11) is 3.51. The number of aromatic nitrogens is 3. The standard InChI is InChI=1S/C13H19N5O2S/c1-18-8-10(7-16-18)13-17-11(9-21-13)12(19)15-4-3-14-5-6-20-2/h7-9,14H,3-6H2,1-2H3,(H,15,19). The van der Waals surface area contributed by atoms with Crippen LogP contribution in [-0.2, 0) is 11.8 Å². The van der Waals surface area contributed by atoms with Crippen molar-refractivity contribution >= 4 is 17.2 Å². The quantitative estimate of drug-likeness (QED) is 0.695. The van der Waals surface area contributed by atoms with Gasteiger partial charge in [0.1, 0.15) is 10.7 Å². The molecule has 2 aromatic heterocycles. The first kappa shape index (κ1) is 15.6. The molecule has 0 aromatic carbocycles. The monoisotopic (exact) mass is 309 g/mol. The molecule has 0 saturated heterocycles. The Bertz CT molecular complexity index is 581. The molecule has 1 amide bonds. The molecule has 0 radical (unpaired) electrons. The number of nitrogens with one attached hydrogen (secondary N) is 2. The molecule has 2 N–H and O–H groups in total. The molecule has 0 aliphatic carbocycles. The van der Waals surface area contributed by atoms with Gasteiger partial charge in [0, 0.05) is 50.9 Å². The number of thiazole rings is 1. The van der Waals surface area contributed by atoms with Gasteiger partial charge in [0.15, 0.2) is 0 Å². The van der Waals surface area contributed by atoms with E-state index in [2.05, 4.69) is 20.7 Å². The summed E-state index contributed by atoms with van der Waals surface area (Å²) in [6.45, 7) is 2.69. The van der Waals surface area contributed by atoms with Crippen LogP contribution in [0.15, 0.2) is 17.8 Å². The van der Waals surface area contributed by atoms with Crippen LogP contribution in [0.3, 0.4) is 0 Å². The Morgan fingerprint density at radius 2 is 2.29 bits per heavy atom. The number of carbonyl (C=O) groups is 1. The second-order valence-electron chi connectivity index (χ2n) is 4.44. The number of methoxy groups -OCH3 is 1. The highest BCUT2D eigenvalue weighted by atomic mass is 32.1. The Balaban J connectivity index is 1.79. The Kier molecular flexibility index (Phi) is 5.85. The minimum atomic E-state index is -0.157. The lowest BCUT2D eigenvalue weighted by Gasteiger charge is -2.04. The molecule has 114 valence electrons. The molecule has 21 heavy (non-hydrogen) atoms. The van der Waals surface area contributed by atoms with E-state index < -0.39 is 0 Å². The summed E-state index contributed by atoms with van der Waals surface area (Å²) in [5.41, 5.74) is 1.36. The second-order valence-corrected chi connectivity index (χ2v) is 5.30. The summed E-state index contributed by atoms with van der Waals surface area (Å²) in [6, 6.07) is 0. The highest BCUT2D eigenvalue weighted by Gasteiger charge is 2.12. The number of rotatable bonds is 8. The number of ether oxygens (including phenoxy) is 1. The molecule has 8 heteroatoms. The fourth-order valence-electron chi connectivity index (χ4n) is 1.70. The van der Waals surface area contributed by atoms with Crippen molar-refractivity contribution in [3.8, 4) is 10.6 Å². The molecule has 7 nitrogen and oxygen atoms in total. The Morgan fingerprint density at radius 3 is 3.00 bits per heavy atom. The summed E-state index contributed by atoms with van der Waals surface area (Å²) in [6.07, 6.45) is 3.61. The average Bonchev–Trinajstić information content (AvgIpc) is 3.11. The number of carbonyl (C=O) groups excluding carboxylic acids is 1. The fraction of sp³-hybridized carbons (Fsp3) is 0.462. The van der Waals surface area contributed by atoms with Crippen LogP contribution in [0.1, 0.15) is 10.5 Å². The van der Waals surface area contributed by atoms with Crippen LogP contribution >= 0.6 is 11.3 Å². The highest BCUT2D eigenvalue weighted by Crippen LogP contribution is 2.22. The third-order valence-electron chi connectivity index (χ3n) is 2.76. The van der Waals surface area contributed by atoms with Gasteiger partial charge in [0.2, 0.25) is 0 Å². The van der Waals surface area contributed by atoms with Gasteiger partial charge >= 0.3 is 0 Å². The number of amides is 1. The smallest absolute Gasteiger partial charge is 0.270 e. The van der Waals surface area contributed by atoms with Crippen LogP contribution in [0, 0.1) is 0 Å². The van der Waals surface area contributed by atoms with Crippen LogP contribution in [0.25, 0.3) is 10.6 Å². The van der Waals surface area contributed by atoms with Crippen molar-refractivity contribution in [1.29, 1.82) is 0 Å². The molecule has 0 unspecified atom stereocenters. The third-order valence-corrected chi connectivity index (χ3v) is 3.65. The lowest BCUT2D eigenvalue weighted by atomic mass is 10.4. The Labute approximate surface area is 127 Å². The topological polar surface area (TPSA) is 81.1 Å². The summed E-state index contributed by atoms with van der Waals surface area (Å²) in [4.78, 5) is 16.3. The first-order valence-corrected chi connectivity index (χ1v) is 7.51. The van der Waals surface area contributed by atoms with Gasteiger partial charge in [-0.15, -0.1) is 11.3 Å². The van der Waals surface area contributed by atoms with Crippen molar-refractivity contribution in [2.24, 2.45) is 7.05 Å². The largest absolute Gasteiger partial charge is 0.383 e. The molecule has 2 heterocycles. The van der Waals surface area contributed by atoms with Crippen LogP contribution in [0.4, 0.5) is 0 Å². The maximum Gasteiger partial charge on any atom is 0.270 e. The van der Waals surface area contributed by atoms with Crippen LogP contribution in [-0.4, -0.2) is 54.0 Å². The Hall–Kier alpha value is -1.77.